The van der Waals surface area contributed by atoms with Crippen molar-refractivity contribution in [2.45, 2.75) is 36.7 Å². The summed E-state index contributed by atoms with van der Waals surface area (Å²) < 4.78 is 26.8. The summed E-state index contributed by atoms with van der Waals surface area (Å²) in [6, 6.07) is 7.94. The molecular formula is C14H15N3O3S. The molecule has 0 aliphatic carbocycles. The molecule has 1 unspecified atom stereocenters. The van der Waals surface area contributed by atoms with Crippen LogP contribution < -0.4 is 0 Å². The third kappa shape index (κ3) is 3.19. The zero-order valence-electron chi connectivity index (χ0n) is 11.4. The van der Waals surface area contributed by atoms with Crippen molar-refractivity contribution >= 4 is 16.1 Å². The van der Waals surface area contributed by atoms with Crippen LogP contribution in [0.15, 0.2) is 34.2 Å². The van der Waals surface area contributed by atoms with Gasteiger partial charge in [-0.1, -0.05) is 18.6 Å². The number of benzene rings is 1. The SMILES string of the molecule is N#Cc1ccccc1S(=O)(=O)N1CCCCCC1N=C=O. The fourth-order valence-corrected chi connectivity index (χ4v) is 4.18. The van der Waals surface area contributed by atoms with Crippen LogP contribution in [0.4, 0.5) is 0 Å². The molecule has 1 aliphatic rings. The van der Waals surface area contributed by atoms with Gasteiger partial charge in [0.25, 0.3) is 0 Å². The second-order valence-corrected chi connectivity index (χ2v) is 6.63. The Labute approximate surface area is 123 Å². The van der Waals surface area contributed by atoms with Gasteiger partial charge in [-0.15, -0.1) is 0 Å². The summed E-state index contributed by atoms with van der Waals surface area (Å²) in [5, 5.41) is 9.09. The lowest BCUT2D eigenvalue weighted by Gasteiger charge is -2.25. The molecule has 1 aromatic carbocycles. The third-order valence-corrected chi connectivity index (χ3v) is 5.42. The van der Waals surface area contributed by atoms with Gasteiger partial charge >= 0.3 is 0 Å². The molecule has 1 aliphatic heterocycles. The Hall–Kier alpha value is -2.00. The number of sulfonamides is 1. The van der Waals surface area contributed by atoms with E-state index in [4.69, 9.17) is 5.26 Å². The molecular weight excluding hydrogens is 290 g/mol. The predicted molar refractivity (Wildman–Crippen MR) is 75.4 cm³/mol. The second-order valence-electron chi connectivity index (χ2n) is 4.77. The molecule has 0 N–H and O–H groups in total. The zero-order chi connectivity index (χ0) is 15.3. The summed E-state index contributed by atoms with van der Waals surface area (Å²) in [5.74, 6) is 0. The number of rotatable bonds is 3. The van der Waals surface area contributed by atoms with Crippen molar-refractivity contribution in [2.24, 2.45) is 4.99 Å². The largest absolute Gasteiger partial charge is 0.246 e. The maximum absolute atomic E-state index is 12.8. The highest BCUT2D eigenvalue weighted by molar-refractivity contribution is 7.89. The van der Waals surface area contributed by atoms with Crippen LogP contribution in [0, 0.1) is 11.3 Å². The maximum atomic E-state index is 12.8. The van der Waals surface area contributed by atoms with E-state index in [-0.39, 0.29) is 17.0 Å². The van der Waals surface area contributed by atoms with E-state index < -0.39 is 16.2 Å². The van der Waals surface area contributed by atoms with Gasteiger partial charge in [0, 0.05) is 6.54 Å². The van der Waals surface area contributed by atoms with Crippen molar-refractivity contribution < 1.29 is 13.2 Å². The van der Waals surface area contributed by atoms with Crippen LogP contribution in [-0.4, -0.2) is 31.5 Å². The smallest absolute Gasteiger partial charge is 0.211 e. The standard InChI is InChI=1S/C14H15N3O3S/c15-10-12-6-3-4-7-13(12)21(19,20)17-9-5-1-2-8-14(17)16-11-18/h3-4,6-7,14H,1-2,5,8-9H2. The monoisotopic (exact) mass is 305 g/mol. The van der Waals surface area contributed by atoms with Crippen molar-refractivity contribution in [2.75, 3.05) is 6.54 Å². The van der Waals surface area contributed by atoms with Gasteiger partial charge < -0.3 is 0 Å². The van der Waals surface area contributed by atoms with E-state index in [0.717, 1.165) is 12.8 Å². The molecule has 2 rings (SSSR count). The average molecular weight is 305 g/mol. The summed E-state index contributed by atoms with van der Waals surface area (Å²) in [7, 11) is -3.86. The molecule has 0 aromatic heterocycles. The number of hydrogen-bond acceptors (Lipinski definition) is 5. The number of nitriles is 1. The van der Waals surface area contributed by atoms with E-state index in [1.807, 2.05) is 6.07 Å². The minimum atomic E-state index is -3.86. The van der Waals surface area contributed by atoms with E-state index in [1.165, 1.54) is 22.5 Å². The summed E-state index contributed by atoms with van der Waals surface area (Å²) in [5.41, 5.74) is 0.0931. The van der Waals surface area contributed by atoms with E-state index in [0.29, 0.717) is 12.8 Å². The Morgan fingerprint density at radius 2 is 2.00 bits per heavy atom. The number of hydrogen-bond donors (Lipinski definition) is 0. The van der Waals surface area contributed by atoms with Crippen molar-refractivity contribution in [1.82, 2.24) is 4.31 Å². The molecule has 0 amide bonds. The summed E-state index contributed by atoms with van der Waals surface area (Å²) >= 11 is 0. The topological polar surface area (TPSA) is 90.6 Å². The van der Waals surface area contributed by atoms with Crippen LogP contribution in [0.2, 0.25) is 0 Å². The highest BCUT2D eigenvalue weighted by Crippen LogP contribution is 2.26. The van der Waals surface area contributed by atoms with Crippen molar-refractivity contribution in [3.05, 3.63) is 29.8 Å². The molecule has 1 fully saturated rings. The number of isocyanates is 1. The zero-order valence-corrected chi connectivity index (χ0v) is 12.2. The Bertz CT molecular complexity index is 702. The quantitative estimate of drug-likeness (QED) is 0.628. The molecule has 0 bridgehead atoms. The van der Waals surface area contributed by atoms with E-state index in [1.54, 1.807) is 12.1 Å². The van der Waals surface area contributed by atoms with Gasteiger partial charge in [0.2, 0.25) is 16.1 Å². The van der Waals surface area contributed by atoms with Crippen LogP contribution in [0.3, 0.4) is 0 Å². The molecule has 6 nitrogen and oxygen atoms in total. The van der Waals surface area contributed by atoms with Crippen molar-refractivity contribution in [3.8, 4) is 6.07 Å². The minimum Gasteiger partial charge on any atom is -0.211 e. The number of aliphatic imine (C=N–C) groups is 1. The van der Waals surface area contributed by atoms with Crippen molar-refractivity contribution in [1.29, 1.82) is 5.26 Å². The molecule has 21 heavy (non-hydrogen) atoms. The Morgan fingerprint density at radius 3 is 2.71 bits per heavy atom. The normalized spacial score (nSPS) is 20.0. The summed E-state index contributed by atoms with van der Waals surface area (Å²) in [4.78, 5) is 14.1. The van der Waals surface area contributed by atoms with Gasteiger partial charge in [-0.3, -0.25) is 0 Å². The van der Waals surface area contributed by atoms with E-state index in [2.05, 4.69) is 4.99 Å². The Balaban J connectivity index is 2.49. The van der Waals surface area contributed by atoms with Crippen LogP contribution >= 0.6 is 0 Å². The van der Waals surface area contributed by atoms with E-state index >= 15 is 0 Å². The molecule has 1 aromatic rings. The Morgan fingerprint density at radius 1 is 1.24 bits per heavy atom. The fourth-order valence-electron chi connectivity index (χ4n) is 2.44. The lowest BCUT2D eigenvalue weighted by Crippen LogP contribution is -2.39. The van der Waals surface area contributed by atoms with Crippen LogP contribution in [0.1, 0.15) is 31.2 Å². The van der Waals surface area contributed by atoms with Crippen molar-refractivity contribution in [3.63, 3.8) is 0 Å². The van der Waals surface area contributed by atoms with Gasteiger partial charge in [0.05, 0.1) is 5.56 Å². The molecule has 1 atom stereocenters. The maximum Gasteiger partial charge on any atom is 0.246 e. The lowest BCUT2D eigenvalue weighted by atomic mass is 10.2. The fraction of sp³-hybridized carbons (Fsp3) is 0.429. The predicted octanol–water partition coefficient (Wildman–Crippen LogP) is 1.78. The van der Waals surface area contributed by atoms with Gasteiger partial charge in [0.1, 0.15) is 17.1 Å². The van der Waals surface area contributed by atoms with Gasteiger partial charge in [-0.25, -0.2) is 13.2 Å². The molecule has 0 spiro atoms. The first-order valence-corrected chi connectivity index (χ1v) is 8.13. The van der Waals surface area contributed by atoms with Crippen LogP contribution in [0.5, 0.6) is 0 Å². The molecule has 7 heteroatoms. The molecule has 0 saturated carbocycles. The third-order valence-electron chi connectivity index (χ3n) is 3.47. The molecule has 110 valence electrons. The van der Waals surface area contributed by atoms with Crippen LogP contribution in [0.25, 0.3) is 0 Å². The summed E-state index contributed by atoms with van der Waals surface area (Å²) in [6.45, 7) is 0.290. The minimum absolute atomic E-state index is 0.0412. The van der Waals surface area contributed by atoms with Gasteiger partial charge in [0.15, 0.2) is 0 Å². The highest BCUT2D eigenvalue weighted by Gasteiger charge is 2.33. The van der Waals surface area contributed by atoms with E-state index in [9.17, 15) is 13.2 Å². The average Bonchev–Trinajstić information content (AvgIpc) is 2.73. The first-order chi connectivity index (χ1) is 10.1. The first kappa shape index (κ1) is 15.4. The highest BCUT2D eigenvalue weighted by atomic mass is 32.2. The van der Waals surface area contributed by atoms with Crippen LogP contribution in [-0.2, 0) is 14.8 Å². The molecule has 1 heterocycles. The van der Waals surface area contributed by atoms with Gasteiger partial charge in [-0.05, 0) is 31.4 Å². The Kier molecular flexibility index (Phi) is 4.86. The number of nitrogens with zero attached hydrogens (tertiary/aromatic N) is 3. The second kappa shape index (κ2) is 6.64. The molecule has 0 radical (unpaired) electrons. The van der Waals surface area contributed by atoms with Gasteiger partial charge in [-0.2, -0.15) is 14.6 Å². The summed E-state index contributed by atoms with van der Waals surface area (Å²) in [6.07, 6.45) is 3.61. The molecule has 1 saturated heterocycles. The number of carbonyl (C=O) groups excluding carboxylic acids is 1. The first-order valence-electron chi connectivity index (χ1n) is 6.69. The lowest BCUT2D eigenvalue weighted by molar-refractivity contribution is 0.330.